The highest BCUT2D eigenvalue weighted by Crippen LogP contribution is 2.36. The Bertz CT molecular complexity index is 962. The molecule has 3 aromatic rings. The summed E-state index contributed by atoms with van der Waals surface area (Å²) in [4.78, 5) is 12.3. The van der Waals surface area contributed by atoms with Crippen LogP contribution in [0.15, 0.2) is 48.8 Å². The van der Waals surface area contributed by atoms with Crippen molar-refractivity contribution in [1.29, 1.82) is 0 Å². The van der Waals surface area contributed by atoms with Gasteiger partial charge < -0.3 is 10.1 Å². The first kappa shape index (κ1) is 19.6. The van der Waals surface area contributed by atoms with Crippen LogP contribution >= 0.6 is 11.6 Å². The van der Waals surface area contributed by atoms with E-state index in [1.165, 1.54) is 24.0 Å². The Labute approximate surface area is 162 Å². The van der Waals surface area contributed by atoms with E-state index in [0.29, 0.717) is 11.4 Å². The van der Waals surface area contributed by atoms with Crippen LogP contribution in [0.2, 0.25) is 5.02 Å². The van der Waals surface area contributed by atoms with Crippen molar-refractivity contribution in [3.8, 4) is 11.4 Å². The third-order valence-corrected chi connectivity index (χ3v) is 3.91. The second kappa shape index (κ2) is 7.85. The van der Waals surface area contributed by atoms with Crippen molar-refractivity contribution in [2.24, 2.45) is 0 Å². The normalized spacial score (nSPS) is 12.5. The van der Waals surface area contributed by atoms with Crippen molar-refractivity contribution in [2.75, 3.05) is 5.32 Å². The predicted molar refractivity (Wildman–Crippen MR) is 94.3 cm³/mol. The van der Waals surface area contributed by atoms with E-state index in [0.717, 1.165) is 12.1 Å². The molecule has 146 valence electrons. The first-order chi connectivity index (χ1) is 13.2. The number of nitrogens with one attached hydrogen (secondary N) is 1. The second-order valence-corrected chi connectivity index (χ2v) is 6.12. The number of aromatic nitrogens is 4. The number of benzene rings is 2. The smallest absolute Gasteiger partial charge is 0.418 e. The second-order valence-electron chi connectivity index (χ2n) is 5.69. The van der Waals surface area contributed by atoms with Crippen molar-refractivity contribution in [3.63, 3.8) is 0 Å². The molecule has 2 aromatic carbocycles. The van der Waals surface area contributed by atoms with Crippen LogP contribution in [0.25, 0.3) is 5.69 Å². The SMILES string of the molecule is CC(Oc1ccc(-n2cnnn2)cc1)C(=O)Nc1ccc(Cl)cc1C(F)(F)F. The summed E-state index contributed by atoms with van der Waals surface area (Å²) in [5.74, 6) is -0.385. The van der Waals surface area contributed by atoms with E-state index in [1.807, 2.05) is 0 Å². The fraction of sp³-hybridized carbons (Fsp3) is 0.176. The molecule has 1 aromatic heterocycles. The van der Waals surface area contributed by atoms with Crippen molar-refractivity contribution >= 4 is 23.2 Å². The zero-order chi connectivity index (χ0) is 20.3. The summed E-state index contributed by atoms with van der Waals surface area (Å²) >= 11 is 5.63. The first-order valence-electron chi connectivity index (χ1n) is 7.92. The zero-order valence-corrected chi connectivity index (χ0v) is 15.1. The fourth-order valence-corrected chi connectivity index (χ4v) is 2.48. The van der Waals surface area contributed by atoms with Crippen LogP contribution in [0, 0.1) is 0 Å². The molecular formula is C17H13ClF3N5O2. The minimum absolute atomic E-state index is 0.0858. The van der Waals surface area contributed by atoms with E-state index in [2.05, 4.69) is 20.8 Å². The number of ether oxygens (including phenoxy) is 1. The number of amides is 1. The van der Waals surface area contributed by atoms with Crippen molar-refractivity contribution < 1.29 is 22.7 Å². The van der Waals surface area contributed by atoms with Crippen molar-refractivity contribution in [3.05, 3.63) is 59.4 Å². The minimum atomic E-state index is -4.66. The molecule has 1 N–H and O–H groups in total. The lowest BCUT2D eigenvalue weighted by Crippen LogP contribution is -2.31. The molecule has 0 bridgehead atoms. The van der Waals surface area contributed by atoms with Crippen LogP contribution in [-0.4, -0.2) is 32.2 Å². The van der Waals surface area contributed by atoms with E-state index < -0.39 is 29.4 Å². The highest BCUT2D eigenvalue weighted by atomic mass is 35.5. The summed E-state index contributed by atoms with van der Waals surface area (Å²) in [5, 5.41) is 12.9. The van der Waals surface area contributed by atoms with Crippen LogP contribution in [0.4, 0.5) is 18.9 Å². The third-order valence-electron chi connectivity index (χ3n) is 3.68. The lowest BCUT2D eigenvalue weighted by Gasteiger charge is -2.18. The van der Waals surface area contributed by atoms with Gasteiger partial charge in [0.15, 0.2) is 6.10 Å². The molecule has 0 aliphatic carbocycles. The van der Waals surface area contributed by atoms with E-state index in [-0.39, 0.29) is 5.02 Å². The molecule has 0 radical (unpaired) electrons. The van der Waals surface area contributed by atoms with Gasteiger partial charge in [0.1, 0.15) is 12.1 Å². The van der Waals surface area contributed by atoms with Gasteiger partial charge in [0.05, 0.1) is 16.9 Å². The van der Waals surface area contributed by atoms with Gasteiger partial charge in [-0.15, -0.1) is 5.10 Å². The topological polar surface area (TPSA) is 81.9 Å². The van der Waals surface area contributed by atoms with Gasteiger partial charge in [-0.05, 0) is 59.8 Å². The predicted octanol–water partition coefficient (Wildman–Crippen LogP) is 3.74. The summed E-state index contributed by atoms with van der Waals surface area (Å²) < 4.78 is 46.3. The molecule has 28 heavy (non-hydrogen) atoms. The Hall–Kier alpha value is -3.14. The maximum atomic E-state index is 13.1. The maximum Gasteiger partial charge on any atom is 0.418 e. The number of halogens is 4. The number of nitrogens with zero attached hydrogens (tertiary/aromatic N) is 4. The fourth-order valence-electron chi connectivity index (χ4n) is 2.31. The average Bonchev–Trinajstić information content (AvgIpc) is 3.17. The molecule has 0 aliphatic heterocycles. The summed E-state index contributed by atoms with van der Waals surface area (Å²) in [5.41, 5.74) is -0.761. The highest BCUT2D eigenvalue weighted by Gasteiger charge is 2.34. The highest BCUT2D eigenvalue weighted by molar-refractivity contribution is 6.30. The van der Waals surface area contributed by atoms with E-state index >= 15 is 0 Å². The van der Waals surface area contributed by atoms with Gasteiger partial charge in [-0.1, -0.05) is 11.6 Å². The van der Waals surface area contributed by atoms with E-state index in [4.69, 9.17) is 16.3 Å². The molecule has 1 amide bonds. The molecule has 7 nitrogen and oxygen atoms in total. The van der Waals surface area contributed by atoms with Crippen LogP contribution in [-0.2, 0) is 11.0 Å². The lowest BCUT2D eigenvalue weighted by atomic mass is 10.1. The van der Waals surface area contributed by atoms with Gasteiger partial charge in [-0.2, -0.15) is 13.2 Å². The number of hydrogen-bond donors (Lipinski definition) is 1. The summed E-state index contributed by atoms with van der Waals surface area (Å²) in [6.07, 6.45) is -4.30. The largest absolute Gasteiger partial charge is 0.481 e. The lowest BCUT2D eigenvalue weighted by molar-refractivity contribution is -0.137. The number of hydrogen-bond acceptors (Lipinski definition) is 5. The molecule has 3 rings (SSSR count). The zero-order valence-electron chi connectivity index (χ0n) is 14.3. The standard InChI is InChI=1S/C17H13ClF3N5O2/c1-10(28-13-5-3-12(4-6-13)26-9-22-24-25-26)16(27)23-15-7-2-11(18)8-14(15)17(19,20)21/h2-10H,1H3,(H,23,27). The van der Waals surface area contributed by atoms with Gasteiger partial charge >= 0.3 is 6.18 Å². The van der Waals surface area contributed by atoms with Crippen LogP contribution < -0.4 is 10.1 Å². The Kier molecular flexibility index (Phi) is 5.50. The number of anilines is 1. The van der Waals surface area contributed by atoms with Gasteiger partial charge in [0.2, 0.25) is 0 Å². The Morgan fingerprint density at radius 3 is 2.54 bits per heavy atom. The van der Waals surface area contributed by atoms with Crippen molar-refractivity contribution in [2.45, 2.75) is 19.2 Å². The first-order valence-corrected chi connectivity index (χ1v) is 8.29. The molecule has 1 atom stereocenters. The van der Waals surface area contributed by atoms with Gasteiger partial charge in [-0.3, -0.25) is 4.79 Å². The summed E-state index contributed by atoms with van der Waals surface area (Å²) in [7, 11) is 0. The molecular weight excluding hydrogens is 399 g/mol. The van der Waals surface area contributed by atoms with E-state index in [9.17, 15) is 18.0 Å². The molecule has 0 saturated carbocycles. The minimum Gasteiger partial charge on any atom is -0.481 e. The van der Waals surface area contributed by atoms with Crippen molar-refractivity contribution in [1.82, 2.24) is 20.2 Å². The van der Waals surface area contributed by atoms with Gasteiger partial charge in [0, 0.05) is 5.02 Å². The molecule has 0 fully saturated rings. The Balaban J connectivity index is 1.69. The number of rotatable bonds is 5. The quantitative estimate of drug-likeness (QED) is 0.691. The summed E-state index contributed by atoms with van der Waals surface area (Å²) in [6, 6.07) is 9.61. The molecule has 0 saturated heterocycles. The maximum absolute atomic E-state index is 13.1. The van der Waals surface area contributed by atoms with Crippen LogP contribution in [0.3, 0.4) is 0 Å². The summed E-state index contributed by atoms with van der Waals surface area (Å²) in [6.45, 7) is 1.42. The molecule has 0 aliphatic rings. The Morgan fingerprint density at radius 2 is 1.93 bits per heavy atom. The number of tetrazole rings is 1. The molecule has 1 heterocycles. The number of carbonyl (C=O) groups excluding carboxylic acids is 1. The number of carbonyl (C=O) groups is 1. The molecule has 0 spiro atoms. The van der Waals surface area contributed by atoms with Gasteiger partial charge in [0.25, 0.3) is 5.91 Å². The number of alkyl halides is 3. The monoisotopic (exact) mass is 411 g/mol. The van der Waals surface area contributed by atoms with Crippen LogP contribution in [0.1, 0.15) is 12.5 Å². The average molecular weight is 412 g/mol. The van der Waals surface area contributed by atoms with Gasteiger partial charge in [-0.25, -0.2) is 4.68 Å². The van der Waals surface area contributed by atoms with E-state index in [1.54, 1.807) is 24.3 Å². The molecule has 1 unspecified atom stereocenters. The third kappa shape index (κ3) is 4.58. The molecule has 11 heteroatoms. The van der Waals surface area contributed by atoms with Crippen LogP contribution in [0.5, 0.6) is 5.75 Å². The Morgan fingerprint density at radius 1 is 1.21 bits per heavy atom.